The van der Waals surface area contributed by atoms with Crippen LogP contribution in [0.2, 0.25) is 0 Å². The largest absolute Gasteiger partial charge is 0.407 e. The molecule has 0 spiro atoms. The van der Waals surface area contributed by atoms with Crippen LogP contribution in [-0.4, -0.2) is 20.7 Å². The van der Waals surface area contributed by atoms with Crippen molar-refractivity contribution in [3.63, 3.8) is 0 Å². The Balaban J connectivity index is 1.85. The summed E-state index contributed by atoms with van der Waals surface area (Å²) in [5.41, 5.74) is 2.10. The number of pyridine rings is 1. The molecule has 108 valence electrons. The summed E-state index contributed by atoms with van der Waals surface area (Å²) in [6.45, 7) is 9.41. The van der Waals surface area contributed by atoms with Crippen molar-refractivity contribution in [2.24, 2.45) is 0 Å². The van der Waals surface area contributed by atoms with Crippen LogP contribution in [0, 0.1) is 6.92 Å². The van der Waals surface area contributed by atoms with Gasteiger partial charge in [0.25, 0.3) is 0 Å². The summed E-state index contributed by atoms with van der Waals surface area (Å²) in [7, 11) is 0. The maximum Gasteiger partial charge on any atom is 0.315 e. The van der Waals surface area contributed by atoms with E-state index in [2.05, 4.69) is 46.6 Å². The van der Waals surface area contributed by atoms with Gasteiger partial charge in [-0.25, -0.2) is 0 Å². The topological polar surface area (TPSA) is 75.9 Å². The molecule has 2 heterocycles. The van der Waals surface area contributed by atoms with E-state index in [1.54, 1.807) is 0 Å². The normalized spacial score (nSPS) is 11.6. The van der Waals surface area contributed by atoms with E-state index in [4.69, 9.17) is 4.42 Å². The number of anilines is 1. The van der Waals surface area contributed by atoms with Crippen molar-refractivity contribution in [1.29, 1.82) is 0 Å². The van der Waals surface area contributed by atoms with Gasteiger partial charge >= 0.3 is 6.01 Å². The molecule has 0 unspecified atom stereocenters. The third-order valence-corrected chi connectivity index (χ3v) is 2.65. The average molecular weight is 275 g/mol. The van der Waals surface area contributed by atoms with Crippen molar-refractivity contribution in [1.82, 2.24) is 20.5 Å². The van der Waals surface area contributed by atoms with Crippen LogP contribution in [0.3, 0.4) is 0 Å². The Morgan fingerprint density at radius 3 is 2.60 bits per heavy atom. The molecule has 0 atom stereocenters. The van der Waals surface area contributed by atoms with Crippen LogP contribution in [0.15, 0.2) is 22.7 Å². The number of hydrogen-bond donors (Lipinski definition) is 2. The van der Waals surface area contributed by atoms with Gasteiger partial charge in [0.05, 0.1) is 6.54 Å². The van der Waals surface area contributed by atoms with Gasteiger partial charge in [0, 0.05) is 24.0 Å². The fourth-order valence-corrected chi connectivity index (χ4v) is 1.52. The van der Waals surface area contributed by atoms with Crippen molar-refractivity contribution < 1.29 is 4.42 Å². The highest BCUT2D eigenvalue weighted by Crippen LogP contribution is 2.09. The summed E-state index contributed by atoms with van der Waals surface area (Å²) in [5.74, 6) is 0.574. The number of aromatic nitrogens is 3. The van der Waals surface area contributed by atoms with Crippen molar-refractivity contribution >= 4 is 6.01 Å². The van der Waals surface area contributed by atoms with Gasteiger partial charge in [-0.05, 0) is 39.3 Å². The van der Waals surface area contributed by atoms with E-state index in [0.29, 0.717) is 25.0 Å². The van der Waals surface area contributed by atoms with Crippen LogP contribution >= 0.6 is 0 Å². The summed E-state index contributed by atoms with van der Waals surface area (Å²) < 4.78 is 5.51. The third-order valence-electron chi connectivity index (χ3n) is 2.65. The summed E-state index contributed by atoms with van der Waals surface area (Å²) in [5, 5.41) is 14.3. The SMILES string of the molecule is Cc1ccc(CNc2nnc(CNC(C)(C)C)o2)cn1. The Morgan fingerprint density at radius 1 is 1.15 bits per heavy atom. The lowest BCUT2D eigenvalue weighted by Gasteiger charge is -2.18. The van der Waals surface area contributed by atoms with Gasteiger partial charge in [-0.1, -0.05) is 11.2 Å². The Kier molecular flexibility index (Phi) is 4.34. The predicted molar refractivity (Wildman–Crippen MR) is 77.2 cm³/mol. The molecule has 20 heavy (non-hydrogen) atoms. The molecule has 0 fully saturated rings. The number of rotatable bonds is 5. The molecule has 6 nitrogen and oxygen atoms in total. The summed E-state index contributed by atoms with van der Waals surface area (Å²) in [4.78, 5) is 4.24. The molecular weight excluding hydrogens is 254 g/mol. The molecule has 2 N–H and O–H groups in total. The molecule has 0 radical (unpaired) electrons. The van der Waals surface area contributed by atoms with E-state index in [0.717, 1.165) is 11.3 Å². The van der Waals surface area contributed by atoms with Crippen LogP contribution in [-0.2, 0) is 13.1 Å². The van der Waals surface area contributed by atoms with E-state index >= 15 is 0 Å². The minimum absolute atomic E-state index is 0.0234. The Hall–Kier alpha value is -1.95. The molecule has 0 aliphatic carbocycles. The number of aryl methyl sites for hydroxylation is 1. The van der Waals surface area contributed by atoms with Crippen LogP contribution in [0.1, 0.15) is 37.9 Å². The average Bonchev–Trinajstić information content (AvgIpc) is 2.83. The second kappa shape index (κ2) is 6.00. The monoisotopic (exact) mass is 275 g/mol. The van der Waals surface area contributed by atoms with E-state index in [1.807, 2.05) is 25.3 Å². The smallest absolute Gasteiger partial charge is 0.315 e. The van der Waals surface area contributed by atoms with Crippen LogP contribution < -0.4 is 10.6 Å². The number of hydrogen-bond acceptors (Lipinski definition) is 6. The Bertz CT molecular complexity index is 541. The fraction of sp³-hybridized carbons (Fsp3) is 0.500. The van der Waals surface area contributed by atoms with Gasteiger partial charge in [0.1, 0.15) is 0 Å². The van der Waals surface area contributed by atoms with E-state index in [9.17, 15) is 0 Å². The fourth-order valence-electron chi connectivity index (χ4n) is 1.52. The number of nitrogens with one attached hydrogen (secondary N) is 2. The minimum atomic E-state index is 0.0234. The van der Waals surface area contributed by atoms with E-state index < -0.39 is 0 Å². The Labute approximate surface area is 119 Å². The highest BCUT2D eigenvalue weighted by molar-refractivity contribution is 5.22. The molecule has 2 aromatic heterocycles. The van der Waals surface area contributed by atoms with Crippen molar-refractivity contribution in [3.8, 4) is 0 Å². The molecule has 2 rings (SSSR count). The quantitative estimate of drug-likeness (QED) is 0.872. The first-order chi connectivity index (χ1) is 9.42. The molecule has 0 saturated carbocycles. The third kappa shape index (κ3) is 4.62. The summed E-state index contributed by atoms with van der Waals surface area (Å²) in [6.07, 6.45) is 1.83. The van der Waals surface area contributed by atoms with Crippen molar-refractivity contribution in [3.05, 3.63) is 35.5 Å². The molecular formula is C14H21N5O. The minimum Gasteiger partial charge on any atom is -0.407 e. The maximum atomic E-state index is 5.51. The lowest BCUT2D eigenvalue weighted by atomic mass is 10.1. The van der Waals surface area contributed by atoms with Crippen LogP contribution in [0.5, 0.6) is 0 Å². The van der Waals surface area contributed by atoms with Gasteiger partial charge in [-0.15, -0.1) is 5.10 Å². The molecule has 0 amide bonds. The van der Waals surface area contributed by atoms with Crippen LogP contribution in [0.4, 0.5) is 6.01 Å². The number of nitrogens with zero attached hydrogens (tertiary/aromatic N) is 3. The summed E-state index contributed by atoms with van der Waals surface area (Å²) >= 11 is 0. The highest BCUT2D eigenvalue weighted by atomic mass is 16.4. The highest BCUT2D eigenvalue weighted by Gasteiger charge is 2.12. The van der Waals surface area contributed by atoms with Gasteiger partial charge in [-0.3, -0.25) is 4.98 Å². The first-order valence-electron chi connectivity index (χ1n) is 6.65. The molecule has 2 aromatic rings. The second-order valence-corrected chi connectivity index (χ2v) is 5.77. The van der Waals surface area contributed by atoms with Gasteiger partial charge in [-0.2, -0.15) is 0 Å². The molecule has 6 heteroatoms. The molecule has 0 saturated heterocycles. The zero-order valence-electron chi connectivity index (χ0n) is 12.4. The standard InChI is InChI=1S/C14H21N5O/c1-10-5-6-11(7-15-10)8-16-13-19-18-12(20-13)9-17-14(2,3)4/h5-7,17H,8-9H2,1-4H3,(H,16,19). The molecule has 0 aromatic carbocycles. The molecule has 0 bridgehead atoms. The lowest BCUT2D eigenvalue weighted by molar-refractivity contribution is 0.383. The van der Waals surface area contributed by atoms with E-state index in [1.165, 1.54) is 0 Å². The van der Waals surface area contributed by atoms with Crippen molar-refractivity contribution in [2.45, 2.75) is 46.3 Å². The van der Waals surface area contributed by atoms with Gasteiger partial charge < -0.3 is 15.1 Å². The molecule has 0 aliphatic heterocycles. The zero-order chi connectivity index (χ0) is 14.6. The van der Waals surface area contributed by atoms with E-state index in [-0.39, 0.29) is 5.54 Å². The van der Waals surface area contributed by atoms with Crippen LogP contribution in [0.25, 0.3) is 0 Å². The maximum absolute atomic E-state index is 5.51. The second-order valence-electron chi connectivity index (χ2n) is 5.77. The Morgan fingerprint density at radius 2 is 1.95 bits per heavy atom. The zero-order valence-corrected chi connectivity index (χ0v) is 12.4. The van der Waals surface area contributed by atoms with Gasteiger partial charge in [0.2, 0.25) is 5.89 Å². The lowest BCUT2D eigenvalue weighted by Crippen LogP contribution is -2.35. The van der Waals surface area contributed by atoms with Gasteiger partial charge in [0.15, 0.2) is 0 Å². The molecule has 0 aliphatic rings. The summed E-state index contributed by atoms with van der Waals surface area (Å²) in [6, 6.07) is 4.42. The first kappa shape index (κ1) is 14.5. The predicted octanol–water partition coefficient (Wildman–Crippen LogP) is 2.27. The first-order valence-corrected chi connectivity index (χ1v) is 6.65. The van der Waals surface area contributed by atoms with Crippen molar-refractivity contribution in [2.75, 3.05) is 5.32 Å².